The van der Waals surface area contributed by atoms with E-state index < -0.39 is 0 Å². The first-order valence-electron chi connectivity index (χ1n) is 6.81. The van der Waals surface area contributed by atoms with Gasteiger partial charge in [0.25, 0.3) is 0 Å². The molecule has 2 aromatic rings. The Labute approximate surface area is 135 Å². The van der Waals surface area contributed by atoms with Crippen molar-refractivity contribution in [1.29, 1.82) is 0 Å². The van der Waals surface area contributed by atoms with Gasteiger partial charge in [-0.25, -0.2) is 0 Å². The van der Waals surface area contributed by atoms with Gasteiger partial charge in [0.1, 0.15) is 0 Å². The van der Waals surface area contributed by atoms with Crippen LogP contribution < -0.4 is 5.32 Å². The zero-order valence-corrected chi connectivity index (χ0v) is 13.1. The van der Waals surface area contributed by atoms with E-state index in [0.29, 0.717) is 17.3 Å². The molecule has 2 nitrogen and oxygen atoms in total. The fraction of sp³-hybridized carbons (Fsp3) is 0.235. The topological polar surface area (TPSA) is 29.1 Å². The van der Waals surface area contributed by atoms with Gasteiger partial charge in [-0.1, -0.05) is 54.1 Å². The monoisotopic (exact) mass is 321 g/mol. The Balaban J connectivity index is 1.89. The van der Waals surface area contributed by atoms with Gasteiger partial charge in [-0.3, -0.25) is 4.79 Å². The van der Waals surface area contributed by atoms with Crippen molar-refractivity contribution in [2.75, 3.05) is 5.88 Å². The van der Waals surface area contributed by atoms with Crippen molar-refractivity contribution in [1.82, 2.24) is 5.32 Å². The predicted octanol–water partition coefficient (Wildman–Crippen LogP) is 3.85. The molecule has 0 bridgehead atoms. The third-order valence-electron chi connectivity index (χ3n) is 3.15. The lowest BCUT2D eigenvalue weighted by Crippen LogP contribution is -2.38. The zero-order valence-electron chi connectivity index (χ0n) is 11.6. The summed E-state index contributed by atoms with van der Waals surface area (Å²) in [4.78, 5) is 12.1. The Morgan fingerprint density at radius 1 is 1.00 bits per heavy atom. The van der Waals surface area contributed by atoms with Gasteiger partial charge < -0.3 is 5.32 Å². The molecule has 0 saturated heterocycles. The maximum absolute atomic E-state index is 12.1. The van der Waals surface area contributed by atoms with Crippen LogP contribution in [0.5, 0.6) is 0 Å². The maximum Gasteiger partial charge on any atom is 0.224 e. The number of amides is 1. The summed E-state index contributed by atoms with van der Waals surface area (Å²) in [6.07, 6.45) is 1.07. The Morgan fingerprint density at radius 2 is 1.67 bits per heavy atom. The molecule has 1 N–H and O–H groups in total. The third kappa shape index (κ3) is 5.41. The van der Waals surface area contributed by atoms with E-state index in [-0.39, 0.29) is 11.9 Å². The summed E-state index contributed by atoms with van der Waals surface area (Å²) in [5.41, 5.74) is 2.10. The van der Waals surface area contributed by atoms with E-state index in [1.165, 1.54) is 0 Å². The second-order valence-corrected chi connectivity index (χ2v) is 5.66. The summed E-state index contributed by atoms with van der Waals surface area (Å²) in [7, 11) is 0. The standard InChI is InChI=1S/C17H17Cl2NO/c18-12-16(10-13-4-2-1-3-5-13)20-17(21)11-14-6-8-15(19)9-7-14/h1-9,16H,10-12H2,(H,20,21). The number of nitrogens with one attached hydrogen (secondary N) is 1. The normalized spacial score (nSPS) is 11.9. The minimum atomic E-state index is -0.0612. The van der Waals surface area contributed by atoms with Gasteiger partial charge in [-0.15, -0.1) is 11.6 Å². The van der Waals surface area contributed by atoms with Gasteiger partial charge in [0.05, 0.1) is 6.42 Å². The van der Waals surface area contributed by atoms with Gasteiger partial charge in [0.15, 0.2) is 0 Å². The van der Waals surface area contributed by atoms with Crippen LogP contribution in [0.2, 0.25) is 5.02 Å². The van der Waals surface area contributed by atoms with Crippen LogP contribution in [0.25, 0.3) is 0 Å². The minimum absolute atomic E-state index is 0.0288. The fourth-order valence-corrected chi connectivity index (χ4v) is 2.42. The first-order chi connectivity index (χ1) is 10.2. The number of rotatable bonds is 6. The SMILES string of the molecule is O=C(Cc1ccc(Cl)cc1)NC(CCl)Cc1ccccc1. The van der Waals surface area contributed by atoms with E-state index in [4.69, 9.17) is 23.2 Å². The summed E-state index contributed by atoms with van der Waals surface area (Å²) in [6, 6.07) is 17.2. The van der Waals surface area contributed by atoms with Crippen LogP contribution in [-0.4, -0.2) is 17.8 Å². The molecule has 0 fully saturated rings. The highest BCUT2D eigenvalue weighted by Gasteiger charge is 2.12. The van der Waals surface area contributed by atoms with Gasteiger partial charge in [-0.2, -0.15) is 0 Å². The molecular formula is C17H17Cl2NO. The lowest BCUT2D eigenvalue weighted by molar-refractivity contribution is -0.121. The van der Waals surface area contributed by atoms with E-state index in [9.17, 15) is 4.79 Å². The summed E-state index contributed by atoms with van der Waals surface area (Å²) in [5, 5.41) is 3.64. The van der Waals surface area contributed by atoms with Crippen molar-refractivity contribution >= 4 is 29.1 Å². The Hall–Kier alpha value is -1.51. The van der Waals surface area contributed by atoms with E-state index >= 15 is 0 Å². The van der Waals surface area contributed by atoms with Crippen molar-refractivity contribution in [3.63, 3.8) is 0 Å². The quantitative estimate of drug-likeness (QED) is 0.804. The lowest BCUT2D eigenvalue weighted by atomic mass is 10.1. The van der Waals surface area contributed by atoms with Crippen LogP contribution in [0, 0.1) is 0 Å². The summed E-state index contributed by atoms with van der Waals surface area (Å²) in [6.45, 7) is 0. The van der Waals surface area contributed by atoms with Gasteiger partial charge >= 0.3 is 0 Å². The number of benzene rings is 2. The number of alkyl halides is 1. The van der Waals surface area contributed by atoms with Crippen LogP contribution in [0.1, 0.15) is 11.1 Å². The molecular weight excluding hydrogens is 305 g/mol. The largest absolute Gasteiger partial charge is 0.352 e. The number of hydrogen-bond donors (Lipinski definition) is 1. The molecule has 21 heavy (non-hydrogen) atoms. The van der Waals surface area contributed by atoms with Gasteiger partial charge in [-0.05, 0) is 29.7 Å². The molecule has 0 aliphatic rings. The molecule has 0 radical (unpaired) electrons. The van der Waals surface area contributed by atoms with Crippen molar-refractivity contribution in [3.8, 4) is 0 Å². The van der Waals surface area contributed by atoms with Crippen molar-refractivity contribution in [2.24, 2.45) is 0 Å². The molecule has 1 unspecified atom stereocenters. The molecule has 0 aromatic heterocycles. The van der Waals surface area contributed by atoms with Crippen LogP contribution >= 0.6 is 23.2 Å². The van der Waals surface area contributed by atoms with Crippen LogP contribution in [0.3, 0.4) is 0 Å². The molecule has 0 saturated carbocycles. The average molecular weight is 322 g/mol. The number of hydrogen-bond acceptors (Lipinski definition) is 1. The molecule has 1 amide bonds. The predicted molar refractivity (Wildman–Crippen MR) is 88.0 cm³/mol. The Kier molecular flexibility index (Phi) is 6.09. The highest BCUT2D eigenvalue weighted by atomic mass is 35.5. The number of carbonyl (C=O) groups excluding carboxylic acids is 1. The smallest absolute Gasteiger partial charge is 0.224 e. The molecule has 1 atom stereocenters. The maximum atomic E-state index is 12.1. The molecule has 0 aliphatic heterocycles. The molecule has 4 heteroatoms. The van der Waals surface area contributed by atoms with Crippen molar-refractivity contribution in [2.45, 2.75) is 18.9 Å². The molecule has 0 spiro atoms. The van der Waals surface area contributed by atoms with Crippen molar-refractivity contribution < 1.29 is 4.79 Å². The molecule has 0 heterocycles. The average Bonchev–Trinajstić information content (AvgIpc) is 2.50. The highest BCUT2D eigenvalue weighted by Crippen LogP contribution is 2.10. The zero-order chi connectivity index (χ0) is 15.1. The lowest BCUT2D eigenvalue weighted by Gasteiger charge is -2.16. The Bertz CT molecular complexity index is 569. The summed E-state index contributed by atoms with van der Waals surface area (Å²) < 4.78 is 0. The van der Waals surface area contributed by atoms with Crippen LogP contribution in [0.4, 0.5) is 0 Å². The highest BCUT2D eigenvalue weighted by molar-refractivity contribution is 6.30. The van der Waals surface area contributed by atoms with E-state index in [1.54, 1.807) is 12.1 Å². The van der Waals surface area contributed by atoms with E-state index in [0.717, 1.165) is 17.5 Å². The number of halogens is 2. The fourth-order valence-electron chi connectivity index (χ4n) is 2.11. The number of carbonyl (C=O) groups is 1. The summed E-state index contributed by atoms with van der Waals surface area (Å²) in [5.74, 6) is 0.361. The van der Waals surface area contributed by atoms with Gasteiger partial charge in [0.2, 0.25) is 5.91 Å². The molecule has 2 aromatic carbocycles. The van der Waals surface area contributed by atoms with Gasteiger partial charge in [0, 0.05) is 16.9 Å². The van der Waals surface area contributed by atoms with Crippen LogP contribution in [0.15, 0.2) is 54.6 Å². The first kappa shape index (κ1) is 15.9. The Morgan fingerprint density at radius 3 is 2.29 bits per heavy atom. The van der Waals surface area contributed by atoms with E-state index in [2.05, 4.69) is 5.32 Å². The summed E-state index contributed by atoms with van der Waals surface area (Å²) >= 11 is 11.8. The first-order valence-corrected chi connectivity index (χ1v) is 7.72. The molecule has 2 rings (SSSR count). The second-order valence-electron chi connectivity index (χ2n) is 4.91. The van der Waals surface area contributed by atoms with Crippen molar-refractivity contribution in [3.05, 3.63) is 70.7 Å². The third-order valence-corrected chi connectivity index (χ3v) is 3.78. The minimum Gasteiger partial charge on any atom is -0.352 e. The van der Waals surface area contributed by atoms with E-state index in [1.807, 2.05) is 42.5 Å². The molecule has 0 aliphatic carbocycles. The second kappa shape index (κ2) is 8.06. The van der Waals surface area contributed by atoms with Crippen LogP contribution in [-0.2, 0) is 17.6 Å². The molecule has 110 valence electrons.